The van der Waals surface area contributed by atoms with Gasteiger partial charge >= 0.3 is 0 Å². The molecule has 0 bridgehead atoms. The van der Waals surface area contributed by atoms with E-state index in [4.69, 9.17) is 0 Å². The molecule has 109 heavy (non-hydrogen) atoms. The van der Waals surface area contributed by atoms with Crippen LogP contribution in [0.25, 0.3) is 105 Å². The lowest BCUT2D eigenvalue weighted by Gasteiger charge is -2.47. The van der Waals surface area contributed by atoms with Crippen LogP contribution >= 0.6 is 0 Å². The molecule has 17 aromatic carbocycles. The van der Waals surface area contributed by atoms with Crippen molar-refractivity contribution in [3.63, 3.8) is 0 Å². The fourth-order valence-corrected chi connectivity index (χ4v) is 22.9. The molecule has 2 aliphatic heterocycles. The Morgan fingerprint density at radius 3 is 1.07 bits per heavy atom. The maximum atomic E-state index is 2.77. The highest BCUT2D eigenvalue weighted by Gasteiger charge is 2.59. The van der Waals surface area contributed by atoms with Gasteiger partial charge in [0.1, 0.15) is 0 Å². The second-order valence-electron chi connectivity index (χ2n) is 31.0. The fourth-order valence-electron chi connectivity index (χ4n) is 22.9. The van der Waals surface area contributed by atoms with Gasteiger partial charge in [-0.05, 0) is 210 Å². The van der Waals surface area contributed by atoms with Gasteiger partial charge in [0.05, 0.1) is 38.7 Å². The molecule has 1 aromatic heterocycles. The minimum atomic E-state index is -0.715. The Bertz CT molecular complexity index is 6930. The van der Waals surface area contributed by atoms with Gasteiger partial charge < -0.3 is 14.4 Å². The summed E-state index contributed by atoms with van der Waals surface area (Å²) in [5.41, 5.74) is 45.6. The summed E-state index contributed by atoms with van der Waals surface area (Å²) in [5.74, 6) is 0. The Kier molecular flexibility index (Phi) is 11.2. The minimum absolute atomic E-state index is 0.325. The topological polar surface area (TPSA) is 11.4 Å². The van der Waals surface area contributed by atoms with Crippen molar-refractivity contribution in [1.29, 1.82) is 0 Å². The van der Waals surface area contributed by atoms with Crippen molar-refractivity contribution in [1.82, 2.24) is 4.57 Å². The minimum Gasteiger partial charge on any atom is -0.311 e. The number of para-hydroxylation sites is 2. The average molecular weight is 1380 g/mol. The van der Waals surface area contributed by atoms with Crippen molar-refractivity contribution >= 4 is 79.0 Å². The van der Waals surface area contributed by atoms with Gasteiger partial charge in [-0.15, -0.1) is 0 Å². The van der Waals surface area contributed by atoms with Crippen LogP contribution in [0.1, 0.15) is 66.8 Å². The zero-order valence-corrected chi connectivity index (χ0v) is 59.2. The highest BCUT2D eigenvalue weighted by Crippen LogP contribution is 2.69. The van der Waals surface area contributed by atoms with E-state index in [1.807, 2.05) is 0 Å². The van der Waals surface area contributed by atoms with Crippen molar-refractivity contribution in [2.24, 2.45) is 0 Å². The predicted octanol–water partition coefficient (Wildman–Crippen LogP) is 23.6. The first-order chi connectivity index (χ1) is 54.1. The summed E-state index contributed by atoms with van der Waals surface area (Å²) in [6.45, 7) is -0.325. The van der Waals surface area contributed by atoms with Crippen LogP contribution in [0.5, 0.6) is 0 Å². The highest BCUT2D eigenvalue weighted by molar-refractivity contribution is 7.01. The van der Waals surface area contributed by atoms with Gasteiger partial charge in [0.15, 0.2) is 0 Å². The molecular formula is C105H62BN3. The summed E-state index contributed by atoms with van der Waals surface area (Å²) in [7, 11) is 0. The first kappa shape index (κ1) is 58.5. The van der Waals surface area contributed by atoms with Crippen LogP contribution in [0.15, 0.2) is 376 Å². The van der Waals surface area contributed by atoms with Crippen LogP contribution < -0.4 is 26.2 Å². The first-order valence-corrected chi connectivity index (χ1v) is 38.4. The maximum absolute atomic E-state index is 2.77. The van der Waals surface area contributed by atoms with E-state index < -0.39 is 16.2 Å². The van der Waals surface area contributed by atoms with E-state index in [-0.39, 0.29) is 6.71 Å². The lowest BCUT2D eigenvalue weighted by molar-refractivity contribution is 0.793. The number of aromatic nitrogens is 1. The van der Waals surface area contributed by atoms with Crippen LogP contribution in [-0.4, -0.2) is 11.3 Å². The largest absolute Gasteiger partial charge is 0.311 e. The van der Waals surface area contributed by atoms with Crippen LogP contribution in [-0.2, 0) is 16.2 Å². The molecular weight excluding hydrogens is 1310 g/mol. The number of hydrogen-bond donors (Lipinski definition) is 0. The standard InChI is InChI=1S/C105H62BN3/c1-2-27-63(28-3-1)64-53-57-94-91(59-64)106-101-97(61-66(108-92-50-24-13-38-77(92)78-39-14-25-51-93(78)108)62-98(101)109(94)95-52-26-40-79-74-36-11-22-48-88(74)104(99(79)95)84-44-18-7-31-69(84)70-32-8-19-45-85(70)104)107(65-54-55-76-73-35-6-17-43-83(73)103(90(76)60-65)81-41-15-4-29-67(81)68-30-5-16-42-82(68)103)96-58-56-80-75-37-12-23-49-89(75)105(100(80)102(96)106)86-46-20-9-33-71(86)72-34-10-21-47-87(72)105/h1-62H. The molecule has 0 unspecified atom stereocenters. The Labute approximate surface area is 631 Å². The second kappa shape index (κ2) is 20.8. The second-order valence-corrected chi connectivity index (χ2v) is 31.0. The molecule has 8 aliphatic rings. The van der Waals surface area contributed by atoms with E-state index >= 15 is 0 Å². The molecule has 0 fully saturated rings. The SMILES string of the molecule is c1ccc(-c2ccc3c(c2)B2c4c(cc(-n5c6ccccc6c6ccccc65)cc4N3c3cccc4c3C3(c5ccccc5-c5ccccc53)c3ccccc3-4)N(c3ccc4c(c3)C3(c5ccccc5-c5ccccc53)c3ccccc3-4)c3ccc4c(c32)C2(c3ccccc3-c3ccccc32)c2ccccc2-4)cc1. The van der Waals surface area contributed by atoms with E-state index in [0.717, 1.165) is 45.2 Å². The molecule has 0 amide bonds. The Hall–Kier alpha value is -13.8. The monoisotopic (exact) mass is 1380 g/mol. The molecule has 0 saturated heterocycles. The summed E-state index contributed by atoms with van der Waals surface area (Å²) in [5, 5.41) is 2.44. The lowest BCUT2D eigenvalue weighted by Crippen LogP contribution is -2.63. The van der Waals surface area contributed by atoms with Crippen molar-refractivity contribution in [2.75, 3.05) is 9.80 Å². The number of benzene rings is 17. The van der Waals surface area contributed by atoms with Gasteiger partial charge in [-0.3, -0.25) is 0 Å². The molecule has 3 heterocycles. The third kappa shape index (κ3) is 6.92. The van der Waals surface area contributed by atoms with Crippen molar-refractivity contribution in [2.45, 2.75) is 16.2 Å². The molecule has 0 N–H and O–H groups in total. The molecule has 4 heteroatoms. The van der Waals surface area contributed by atoms with E-state index in [1.54, 1.807) is 0 Å². The number of rotatable bonds is 4. The molecule has 6 aliphatic carbocycles. The van der Waals surface area contributed by atoms with Crippen LogP contribution in [0.3, 0.4) is 0 Å². The van der Waals surface area contributed by atoms with Gasteiger partial charge in [0.2, 0.25) is 0 Å². The smallest absolute Gasteiger partial charge is 0.252 e. The van der Waals surface area contributed by atoms with E-state index in [9.17, 15) is 0 Å². The molecule has 3 nitrogen and oxygen atoms in total. The van der Waals surface area contributed by atoms with E-state index in [2.05, 4.69) is 390 Å². The van der Waals surface area contributed by atoms with E-state index in [1.165, 1.54) is 177 Å². The highest BCUT2D eigenvalue weighted by atomic mass is 15.2. The molecule has 500 valence electrons. The molecule has 18 aromatic rings. The zero-order chi connectivity index (χ0) is 70.7. The molecule has 26 rings (SSSR count). The molecule has 0 radical (unpaired) electrons. The van der Waals surface area contributed by atoms with Crippen molar-refractivity contribution in [3.05, 3.63) is 443 Å². The average Bonchev–Trinajstić information content (AvgIpc) is 1.53. The van der Waals surface area contributed by atoms with Gasteiger partial charge in [0, 0.05) is 44.8 Å². The Morgan fingerprint density at radius 1 is 0.202 bits per heavy atom. The molecule has 0 atom stereocenters. The fraction of sp³-hybridized carbons (Fsp3) is 0.0286. The van der Waals surface area contributed by atoms with Gasteiger partial charge in [-0.1, -0.05) is 322 Å². The number of hydrogen-bond acceptors (Lipinski definition) is 2. The number of nitrogens with zero attached hydrogens (tertiary/aromatic N) is 3. The normalized spacial score (nSPS) is 15.0. The molecule has 0 saturated carbocycles. The van der Waals surface area contributed by atoms with Crippen LogP contribution in [0.4, 0.5) is 34.1 Å². The predicted molar refractivity (Wildman–Crippen MR) is 449 cm³/mol. The molecule has 3 spiro atoms. The van der Waals surface area contributed by atoms with Gasteiger partial charge in [-0.25, -0.2) is 0 Å². The summed E-state index contributed by atoms with van der Waals surface area (Å²) in [4.78, 5) is 5.53. The lowest BCUT2D eigenvalue weighted by atomic mass is 9.32. The number of fused-ring (bicyclic) bond motifs is 38. The summed E-state index contributed by atoms with van der Waals surface area (Å²) in [6, 6.07) is 146. The first-order valence-electron chi connectivity index (χ1n) is 38.4. The number of anilines is 6. The van der Waals surface area contributed by atoms with Gasteiger partial charge in [0.25, 0.3) is 6.71 Å². The summed E-state index contributed by atoms with van der Waals surface area (Å²) in [6.07, 6.45) is 0. The van der Waals surface area contributed by atoms with Crippen molar-refractivity contribution in [3.8, 4) is 83.6 Å². The third-order valence-corrected chi connectivity index (χ3v) is 26.6. The van der Waals surface area contributed by atoms with Gasteiger partial charge in [-0.2, -0.15) is 0 Å². The Balaban J connectivity index is 0.858. The van der Waals surface area contributed by atoms with Crippen LogP contribution in [0, 0.1) is 0 Å². The van der Waals surface area contributed by atoms with Crippen LogP contribution in [0.2, 0.25) is 0 Å². The summed E-state index contributed by atoms with van der Waals surface area (Å²) < 4.78 is 2.58. The quantitative estimate of drug-likeness (QED) is 0.163. The third-order valence-electron chi connectivity index (χ3n) is 26.6. The Morgan fingerprint density at radius 2 is 0.578 bits per heavy atom. The summed E-state index contributed by atoms with van der Waals surface area (Å²) >= 11 is 0. The van der Waals surface area contributed by atoms with E-state index in [0.29, 0.717) is 0 Å². The van der Waals surface area contributed by atoms with Crippen molar-refractivity contribution < 1.29 is 0 Å². The zero-order valence-electron chi connectivity index (χ0n) is 59.2. The maximum Gasteiger partial charge on any atom is 0.252 e.